The SMILES string of the molecule is CC(C)c1cc2[n+](cc1[Si](C)(C)C)C1(c3ccccc3-2)c2cc(-c3ccc(C#N)cc3)c3c(oc4ccccc43)c2-c2n(-c3cccc4c3oc3ccccc34)c3ccccc3[n+]21. The predicted molar refractivity (Wildman–Crippen MR) is 254 cm³/mol. The number of aromatic nitrogens is 3. The molecular formula is C56H42N4O2Si+2. The first kappa shape index (κ1) is 36.2. The van der Waals surface area contributed by atoms with Crippen LogP contribution < -0.4 is 14.3 Å². The predicted octanol–water partition coefficient (Wildman–Crippen LogP) is 12.5. The second-order valence-electron chi connectivity index (χ2n) is 18.6. The van der Waals surface area contributed by atoms with Gasteiger partial charge in [-0.05, 0) is 83.3 Å². The van der Waals surface area contributed by atoms with Crippen LogP contribution in [-0.2, 0) is 5.66 Å². The lowest BCUT2D eigenvalue weighted by atomic mass is 9.85. The molecule has 1 spiro atoms. The smallest absolute Gasteiger partial charge is 0.364 e. The van der Waals surface area contributed by atoms with E-state index in [1.165, 1.54) is 27.6 Å². The molecule has 6 heterocycles. The van der Waals surface area contributed by atoms with Crippen LogP contribution in [0.25, 0.3) is 94.4 Å². The molecule has 13 rings (SSSR count). The number of furan rings is 2. The van der Waals surface area contributed by atoms with E-state index in [0.29, 0.717) is 11.5 Å². The minimum Gasteiger partial charge on any atom is -0.455 e. The molecular weight excluding hydrogens is 789 g/mol. The van der Waals surface area contributed by atoms with E-state index in [0.717, 1.165) is 88.7 Å². The molecule has 2 aliphatic rings. The number of nitriles is 1. The van der Waals surface area contributed by atoms with Crippen LogP contribution in [0.2, 0.25) is 19.6 Å². The number of nitrogens with zero attached hydrogens (tertiary/aromatic N) is 4. The lowest BCUT2D eigenvalue weighted by Gasteiger charge is -2.25. The zero-order valence-corrected chi connectivity index (χ0v) is 36.7. The fraction of sp³-hybridized carbons (Fsp3) is 0.125. The van der Waals surface area contributed by atoms with Crippen molar-refractivity contribution in [2.24, 2.45) is 0 Å². The van der Waals surface area contributed by atoms with Crippen molar-refractivity contribution in [1.29, 1.82) is 5.26 Å². The first-order chi connectivity index (χ1) is 30.7. The van der Waals surface area contributed by atoms with E-state index in [2.05, 4.69) is 193 Å². The highest BCUT2D eigenvalue weighted by Gasteiger charge is 2.67. The summed E-state index contributed by atoms with van der Waals surface area (Å²) in [5.41, 5.74) is 15.5. The molecule has 0 amide bonds. The van der Waals surface area contributed by atoms with Crippen molar-refractivity contribution in [3.63, 3.8) is 0 Å². The Balaban J connectivity index is 1.30. The molecule has 6 nitrogen and oxygen atoms in total. The third kappa shape index (κ3) is 4.60. The molecule has 11 aromatic rings. The molecule has 63 heavy (non-hydrogen) atoms. The Morgan fingerprint density at radius 2 is 1.35 bits per heavy atom. The van der Waals surface area contributed by atoms with Gasteiger partial charge < -0.3 is 8.83 Å². The van der Waals surface area contributed by atoms with Crippen LogP contribution in [0.4, 0.5) is 0 Å². The number of para-hydroxylation sites is 5. The lowest BCUT2D eigenvalue weighted by Crippen LogP contribution is -2.72. The van der Waals surface area contributed by atoms with Crippen molar-refractivity contribution in [2.75, 3.05) is 0 Å². The van der Waals surface area contributed by atoms with Gasteiger partial charge in [0.25, 0.3) is 0 Å². The van der Waals surface area contributed by atoms with Crippen molar-refractivity contribution in [3.8, 4) is 45.5 Å². The number of fused-ring (bicyclic) bond motifs is 19. The molecule has 0 aliphatic carbocycles. The average Bonchev–Trinajstić information content (AvgIpc) is 4.10. The minimum atomic E-state index is -1.92. The second-order valence-corrected chi connectivity index (χ2v) is 23.6. The minimum absolute atomic E-state index is 0.352. The van der Waals surface area contributed by atoms with Crippen molar-refractivity contribution < 1.29 is 18.0 Å². The molecule has 0 radical (unpaired) electrons. The van der Waals surface area contributed by atoms with E-state index < -0.39 is 13.7 Å². The maximum atomic E-state index is 9.88. The van der Waals surface area contributed by atoms with Crippen LogP contribution in [-0.4, -0.2) is 12.6 Å². The standard InChI is InChI=1S/C56H42N4O2Si/c1-33(2)40-30-47-38-16-6-9-19-42(38)56(58(47)32-50(40)63(3,4)5)43-29-41(35-27-25-34(31-57)26-28-35)51-39-17-8-13-24-49(39)62-54(51)52(43)55-59(44-20-10-11-21-45(44)60(55)56)46-22-14-18-37-36-15-7-12-23-48(36)61-53(37)46/h6-30,32-33H,1-5H3/q+2. The van der Waals surface area contributed by atoms with Gasteiger partial charge in [0, 0.05) is 32.8 Å². The zero-order valence-electron chi connectivity index (χ0n) is 35.7. The van der Waals surface area contributed by atoms with E-state index >= 15 is 0 Å². The third-order valence-electron chi connectivity index (χ3n) is 13.8. The molecule has 0 bridgehead atoms. The summed E-state index contributed by atoms with van der Waals surface area (Å²) >= 11 is 0. The second kappa shape index (κ2) is 12.5. The molecule has 7 aromatic carbocycles. The van der Waals surface area contributed by atoms with Crippen LogP contribution in [0.5, 0.6) is 0 Å². The average molecular weight is 831 g/mol. The van der Waals surface area contributed by atoms with Crippen LogP contribution >= 0.6 is 0 Å². The van der Waals surface area contributed by atoms with E-state index in [4.69, 9.17) is 8.83 Å². The Bertz CT molecular complexity index is 3840. The largest absolute Gasteiger partial charge is 0.455 e. The summed E-state index contributed by atoms with van der Waals surface area (Å²) in [5.74, 6) is 1.37. The first-order valence-corrected chi connectivity index (χ1v) is 25.3. The molecule has 1 atom stereocenters. The lowest BCUT2D eigenvalue weighted by molar-refractivity contribution is -0.944. The Labute approximate surface area is 365 Å². The van der Waals surface area contributed by atoms with Crippen molar-refractivity contribution >= 4 is 68.2 Å². The van der Waals surface area contributed by atoms with E-state index in [-0.39, 0.29) is 0 Å². The normalized spacial score (nSPS) is 15.3. The van der Waals surface area contributed by atoms with E-state index in [9.17, 15) is 5.26 Å². The summed E-state index contributed by atoms with van der Waals surface area (Å²) in [5, 5.41) is 15.6. The summed E-state index contributed by atoms with van der Waals surface area (Å²) < 4.78 is 21.8. The van der Waals surface area contributed by atoms with Gasteiger partial charge in [-0.3, -0.25) is 0 Å². The molecule has 1 unspecified atom stereocenters. The maximum Gasteiger partial charge on any atom is 0.364 e. The summed E-state index contributed by atoms with van der Waals surface area (Å²) in [4.78, 5) is 0. The van der Waals surface area contributed by atoms with Gasteiger partial charge in [-0.1, -0.05) is 118 Å². The highest BCUT2D eigenvalue weighted by molar-refractivity contribution is 6.89. The first-order valence-electron chi connectivity index (χ1n) is 21.8. The Kier molecular flexibility index (Phi) is 7.19. The van der Waals surface area contributed by atoms with Gasteiger partial charge in [0.15, 0.2) is 34.1 Å². The van der Waals surface area contributed by atoms with Crippen molar-refractivity contribution in [2.45, 2.75) is 45.1 Å². The number of hydrogen-bond donors (Lipinski definition) is 0. The van der Waals surface area contributed by atoms with Gasteiger partial charge in [-0.2, -0.15) is 9.83 Å². The van der Waals surface area contributed by atoms with Crippen LogP contribution in [0.15, 0.2) is 167 Å². The number of pyridine rings is 1. The number of rotatable bonds is 4. The molecule has 7 heteroatoms. The quantitative estimate of drug-likeness (QED) is 0.131. The molecule has 0 saturated carbocycles. The van der Waals surface area contributed by atoms with Crippen LogP contribution in [0, 0.1) is 11.3 Å². The number of hydrogen-bond acceptors (Lipinski definition) is 3. The van der Waals surface area contributed by atoms with Crippen molar-refractivity contribution in [1.82, 2.24) is 4.57 Å². The highest BCUT2D eigenvalue weighted by Crippen LogP contribution is 2.55. The third-order valence-corrected chi connectivity index (χ3v) is 15.8. The van der Waals surface area contributed by atoms with Crippen molar-refractivity contribution in [3.05, 3.63) is 180 Å². The molecule has 300 valence electrons. The monoisotopic (exact) mass is 830 g/mol. The van der Waals surface area contributed by atoms with Gasteiger partial charge in [-0.25, -0.2) is 0 Å². The molecule has 0 N–H and O–H groups in total. The fourth-order valence-corrected chi connectivity index (χ4v) is 12.9. The highest BCUT2D eigenvalue weighted by atomic mass is 28.3. The summed E-state index contributed by atoms with van der Waals surface area (Å²) in [7, 11) is -1.92. The summed E-state index contributed by atoms with van der Waals surface area (Å²) in [6.45, 7) is 12.1. The van der Waals surface area contributed by atoms with Gasteiger partial charge in [0.1, 0.15) is 16.7 Å². The number of imidazole rings is 1. The van der Waals surface area contributed by atoms with Gasteiger partial charge in [0.05, 0.1) is 36.4 Å². The Hall–Kier alpha value is -7.53. The van der Waals surface area contributed by atoms with Gasteiger partial charge in [-0.15, -0.1) is 9.13 Å². The summed E-state index contributed by atoms with van der Waals surface area (Å²) in [6, 6.07) is 56.4. The fourth-order valence-electron chi connectivity index (χ4n) is 11.1. The van der Waals surface area contributed by atoms with E-state index in [1.807, 2.05) is 18.2 Å². The Morgan fingerprint density at radius 1 is 0.667 bits per heavy atom. The van der Waals surface area contributed by atoms with Crippen LogP contribution in [0.3, 0.4) is 0 Å². The van der Waals surface area contributed by atoms with Gasteiger partial charge >= 0.3 is 11.5 Å². The molecule has 0 fully saturated rings. The maximum absolute atomic E-state index is 9.88. The van der Waals surface area contributed by atoms with Crippen LogP contribution in [0.1, 0.15) is 42.0 Å². The Morgan fingerprint density at radius 3 is 2.13 bits per heavy atom. The van der Waals surface area contributed by atoms with E-state index in [1.54, 1.807) is 0 Å². The zero-order chi connectivity index (χ0) is 42.5. The molecule has 2 aliphatic heterocycles. The van der Waals surface area contributed by atoms with Gasteiger partial charge in [0.2, 0.25) is 5.69 Å². The topological polar surface area (TPSA) is 62.8 Å². The molecule has 4 aromatic heterocycles. The molecule has 0 saturated heterocycles. The number of benzene rings is 7. The summed E-state index contributed by atoms with van der Waals surface area (Å²) in [6.07, 6.45) is 2.53.